The predicted molar refractivity (Wildman–Crippen MR) is 105 cm³/mol. The van der Waals surface area contributed by atoms with E-state index in [4.69, 9.17) is 0 Å². The second kappa shape index (κ2) is 7.67. The van der Waals surface area contributed by atoms with Crippen LogP contribution in [0.4, 0.5) is 0 Å². The molecule has 5 nitrogen and oxygen atoms in total. The first-order chi connectivity index (χ1) is 13.2. The van der Waals surface area contributed by atoms with E-state index in [1.165, 1.54) is 30.0 Å². The molecule has 27 heavy (non-hydrogen) atoms. The number of para-hydroxylation sites is 1. The molecule has 2 fully saturated rings. The Labute approximate surface area is 160 Å². The minimum absolute atomic E-state index is 0.0258. The Hall–Kier alpha value is -2.43. The number of amides is 1. The molecule has 1 aromatic carbocycles. The van der Waals surface area contributed by atoms with Crippen molar-refractivity contribution < 1.29 is 4.79 Å². The molecule has 1 aromatic heterocycles. The molecule has 2 aliphatic rings. The summed E-state index contributed by atoms with van der Waals surface area (Å²) < 4.78 is 1.33. The molecule has 0 spiro atoms. The van der Waals surface area contributed by atoms with Crippen LogP contribution in [0.2, 0.25) is 0 Å². The maximum absolute atomic E-state index is 13.3. The summed E-state index contributed by atoms with van der Waals surface area (Å²) in [5, 5.41) is 4.41. The third-order valence-electron chi connectivity index (χ3n) is 5.98. The highest BCUT2D eigenvalue weighted by Crippen LogP contribution is 2.36. The molecule has 0 saturated heterocycles. The summed E-state index contributed by atoms with van der Waals surface area (Å²) in [5.41, 5.74) is 0.820. The van der Waals surface area contributed by atoms with Crippen molar-refractivity contribution in [3.05, 3.63) is 58.5 Å². The predicted octanol–water partition coefficient (Wildman–Crippen LogP) is 3.81. The maximum atomic E-state index is 13.3. The molecule has 2 aromatic rings. The number of rotatable bonds is 5. The molecular weight excluding hydrogens is 338 g/mol. The van der Waals surface area contributed by atoms with Crippen LogP contribution in [0.15, 0.2) is 47.3 Å². The van der Waals surface area contributed by atoms with Crippen LogP contribution in [0.3, 0.4) is 0 Å². The quantitative estimate of drug-likeness (QED) is 0.810. The van der Waals surface area contributed by atoms with Gasteiger partial charge in [0.05, 0.1) is 5.69 Å². The molecule has 1 heterocycles. The van der Waals surface area contributed by atoms with Gasteiger partial charge in [-0.25, -0.2) is 0 Å². The first kappa shape index (κ1) is 18.0. The van der Waals surface area contributed by atoms with Gasteiger partial charge in [0.1, 0.15) is 5.69 Å². The summed E-state index contributed by atoms with van der Waals surface area (Å²) in [4.78, 5) is 27.7. The Morgan fingerprint density at radius 3 is 2.22 bits per heavy atom. The SMILES string of the molecule is CCC1CCC(N(C(=O)c2ccc(=O)n(-c3ccccc3)n2)C2CC2)CC1. The lowest BCUT2D eigenvalue weighted by molar-refractivity contribution is 0.0579. The normalized spacial score (nSPS) is 22.4. The van der Waals surface area contributed by atoms with Crippen LogP contribution in [-0.2, 0) is 0 Å². The molecule has 2 saturated carbocycles. The molecule has 0 aliphatic heterocycles. The van der Waals surface area contributed by atoms with Crippen LogP contribution in [-0.4, -0.2) is 32.7 Å². The Kier molecular flexibility index (Phi) is 5.10. The zero-order valence-corrected chi connectivity index (χ0v) is 15.9. The van der Waals surface area contributed by atoms with Crippen molar-refractivity contribution in [1.82, 2.24) is 14.7 Å². The van der Waals surface area contributed by atoms with E-state index < -0.39 is 0 Å². The summed E-state index contributed by atoms with van der Waals surface area (Å²) in [6.07, 6.45) is 7.96. The number of hydrogen-bond acceptors (Lipinski definition) is 3. The van der Waals surface area contributed by atoms with Gasteiger partial charge in [-0.1, -0.05) is 31.5 Å². The first-order valence-electron chi connectivity index (χ1n) is 10.2. The minimum atomic E-state index is -0.223. The first-order valence-corrected chi connectivity index (χ1v) is 10.2. The number of nitrogens with zero attached hydrogens (tertiary/aromatic N) is 3. The number of aromatic nitrogens is 2. The van der Waals surface area contributed by atoms with E-state index in [-0.39, 0.29) is 11.5 Å². The lowest BCUT2D eigenvalue weighted by Gasteiger charge is -2.37. The topological polar surface area (TPSA) is 55.2 Å². The minimum Gasteiger partial charge on any atom is -0.331 e. The van der Waals surface area contributed by atoms with Crippen LogP contribution in [0.1, 0.15) is 62.4 Å². The van der Waals surface area contributed by atoms with Gasteiger partial charge in [0.25, 0.3) is 11.5 Å². The van der Waals surface area contributed by atoms with E-state index in [0.717, 1.165) is 31.6 Å². The molecule has 0 radical (unpaired) electrons. The molecular formula is C22H27N3O2. The van der Waals surface area contributed by atoms with Gasteiger partial charge in [0, 0.05) is 18.2 Å². The average Bonchev–Trinajstić information content (AvgIpc) is 3.54. The maximum Gasteiger partial charge on any atom is 0.274 e. The lowest BCUT2D eigenvalue weighted by Crippen LogP contribution is -2.44. The smallest absolute Gasteiger partial charge is 0.274 e. The second-order valence-electron chi connectivity index (χ2n) is 7.83. The summed E-state index contributed by atoms with van der Waals surface area (Å²) in [7, 11) is 0. The van der Waals surface area contributed by atoms with Gasteiger partial charge in [0.15, 0.2) is 0 Å². The van der Waals surface area contributed by atoms with Crippen LogP contribution in [0, 0.1) is 5.92 Å². The van der Waals surface area contributed by atoms with Crippen molar-refractivity contribution in [2.45, 2.75) is 64.0 Å². The van der Waals surface area contributed by atoms with Crippen LogP contribution >= 0.6 is 0 Å². The van der Waals surface area contributed by atoms with E-state index in [2.05, 4.69) is 16.9 Å². The van der Waals surface area contributed by atoms with Crippen molar-refractivity contribution in [2.24, 2.45) is 5.92 Å². The van der Waals surface area contributed by atoms with Gasteiger partial charge in [-0.15, -0.1) is 0 Å². The zero-order chi connectivity index (χ0) is 18.8. The largest absolute Gasteiger partial charge is 0.331 e. The monoisotopic (exact) mass is 365 g/mol. The van der Waals surface area contributed by atoms with E-state index in [1.54, 1.807) is 6.07 Å². The fourth-order valence-electron chi connectivity index (χ4n) is 4.23. The molecule has 0 bridgehead atoms. The van der Waals surface area contributed by atoms with E-state index in [9.17, 15) is 9.59 Å². The Morgan fingerprint density at radius 1 is 1.00 bits per heavy atom. The summed E-state index contributed by atoms with van der Waals surface area (Å²) >= 11 is 0. The molecule has 0 unspecified atom stereocenters. The Morgan fingerprint density at radius 2 is 1.63 bits per heavy atom. The highest BCUT2D eigenvalue weighted by Gasteiger charge is 2.39. The highest BCUT2D eigenvalue weighted by molar-refractivity contribution is 5.92. The summed E-state index contributed by atoms with van der Waals surface area (Å²) in [5.74, 6) is 0.776. The number of carbonyl (C=O) groups is 1. The van der Waals surface area contributed by atoms with Crippen LogP contribution in [0.25, 0.3) is 5.69 Å². The number of carbonyl (C=O) groups excluding carboxylic acids is 1. The summed E-state index contributed by atoms with van der Waals surface area (Å²) in [6.45, 7) is 2.26. The molecule has 5 heteroatoms. The zero-order valence-electron chi connectivity index (χ0n) is 15.9. The Balaban J connectivity index is 1.60. The highest BCUT2D eigenvalue weighted by atomic mass is 16.2. The van der Waals surface area contributed by atoms with Crippen molar-refractivity contribution >= 4 is 5.91 Å². The van der Waals surface area contributed by atoms with E-state index >= 15 is 0 Å². The molecule has 0 atom stereocenters. The standard InChI is InChI=1S/C22H27N3O2/c1-2-16-8-10-17(11-9-16)24(18-12-13-18)22(27)20-14-15-21(26)25(23-20)19-6-4-3-5-7-19/h3-7,14-18H,2,8-13H2,1H3. The van der Waals surface area contributed by atoms with Gasteiger partial charge < -0.3 is 4.90 Å². The molecule has 0 N–H and O–H groups in total. The summed E-state index contributed by atoms with van der Waals surface area (Å²) in [6, 6.07) is 13.0. The molecule has 4 rings (SSSR count). The third kappa shape index (κ3) is 3.82. The van der Waals surface area contributed by atoms with Gasteiger partial charge >= 0.3 is 0 Å². The number of hydrogen-bond donors (Lipinski definition) is 0. The molecule has 2 aliphatic carbocycles. The van der Waals surface area contributed by atoms with Crippen molar-refractivity contribution in [1.29, 1.82) is 0 Å². The molecule has 142 valence electrons. The second-order valence-corrected chi connectivity index (χ2v) is 7.83. The third-order valence-corrected chi connectivity index (χ3v) is 5.98. The van der Waals surface area contributed by atoms with E-state index in [1.807, 2.05) is 30.3 Å². The van der Waals surface area contributed by atoms with Gasteiger partial charge in [-0.3, -0.25) is 9.59 Å². The molecule has 1 amide bonds. The van der Waals surface area contributed by atoms with Gasteiger partial charge in [-0.05, 0) is 62.6 Å². The fourth-order valence-corrected chi connectivity index (χ4v) is 4.23. The Bertz CT molecular complexity index is 849. The fraction of sp³-hybridized carbons (Fsp3) is 0.500. The average molecular weight is 365 g/mol. The van der Waals surface area contributed by atoms with Gasteiger partial charge in [0.2, 0.25) is 0 Å². The number of benzene rings is 1. The van der Waals surface area contributed by atoms with Crippen LogP contribution in [0.5, 0.6) is 0 Å². The van der Waals surface area contributed by atoms with Crippen molar-refractivity contribution in [2.75, 3.05) is 0 Å². The van der Waals surface area contributed by atoms with Crippen molar-refractivity contribution in [3.63, 3.8) is 0 Å². The lowest BCUT2D eigenvalue weighted by atomic mass is 9.83. The van der Waals surface area contributed by atoms with E-state index in [0.29, 0.717) is 23.5 Å². The van der Waals surface area contributed by atoms with Gasteiger partial charge in [-0.2, -0.15) is 9.78 Å². The van der Waals surface area contributed by atoms with Crippen molar-refractivity contribution in [3.8, 4) is 5.69 Å². The van der Waals surface area contributed by atoms with Crippen LogP contribution < -0.4 is 5.56 Å².